The highest BCUT2D eigenvalue weighted by molar-refractivity contribution is 5.84. The molecule has 0 saturated carbocycles. The van der Waals surface area contributed by atoms with E-state index in [2.05, 4.69) is 79.0 Å². The molecule has 3 atom stereocenters. The number of fused-ring (bicyclic) bond motifs is 2. The van der Waals surface area contributed by atoms with Crippen molar-refractivity contribution in [3.8, 4) is 23.0 Å². The van der Waals surface area contributed by atoms with Crippen molar-refractivity contribution in [2.45, 2.75) is 50.3 Å². The van der Waals surface area contributed by atoms with Gasteiger partial charge in [-0.15, -0.1) is 0 Å². The van der Waals surface area contributed by atoms with Gasteiger partial charge in [-0.25, -0.2) is 5.43 Å². The van der Waals surface area contributed by atoms with Gasteiger partial charge < -0.3 is 46.4 Å². The Bertz CT molecular complexity index is 1810. The number of aliphatic hydroxyl groups is 1. The number of hydrazine groups is 1. The summed E-state index contributed by atoms with van der Waals surface area (Å²) in [5, 5.41) is 63.5. The van der Waals surface area contributed by atoms with Crippen molar-refractivity contribution < 1.29 is 45.3 Å². The SMILES string of the molecule is CN(C)CCC=C1c2ccccc2CCc2ccccc21.C[C@@](Cc1ccc(O)c(O)c1)(NN)C(=O)O.N[C@H](C(=O)O)[C@H](O)c1ccc(O)c(O)c1. The van der Waals surface area contributed by atoms with E-state index in [0.29, 0.717) is 5.56 Å². The number of carboxylic acids is 2. The number of phenolic OH excluding ortho intramolecular Hbond substituents is 4. The lowest BCUT2D eigenvalue weighted by atomic mass is 9.93. The maximum absolute atomic E-state index is 11.0. The number of benzene rings is 4. The van der Waals surface area contributed by atoms with E-state index in [-0.39, 0.29) is 29.2 Å². The first-order chi connectivity index (χ1) is 24.6. The van der Waals surface area contributed by atoms with Crippen LogP contribution < -0.4 is 17.0 Å². The van der Waals surface area contributed by atoms with Crippen molar-refractivity contribution in [1.29, 1.82) is 0 Å². The van der Waals surface area contributed by atoms with Gasteiger partial charge in [-0.3, -0.25) is 15.4 Å². The van der Waals surface area contributed by atoms with E-state index in [1.807, 2.05) is 0 Å². The van der Waals surface area contributed by atoms with Crippen LogP contribution in [0.2, 0.25) is 0 Å². The van der Waals surface area contributed by atoms with Gasteiger partial charge in [0.25, 0.3) is 0 Å². The summed E-state index contributed by atoms with van der Waals surface area (Å²) < 4.78 is 0. The largest absolute Gasteiger partial charge is 0.504 e. The molecule has 0 heterocycles. The Labute approximate surface area is 302 Å². The van der Waals surface area contributed by atoms with Crippen LogP contribution in [0.3, 0.4) is 0 Å². The second kappa shape index (κ2) is 18.7. The van der Waals surface area contributed by atoms with Crippen LogP contribution >= 0.6 is 0 Å². The number of carboxylic acid groups (broad SMARTS) is 2. The number of aliphatic hydroxyl groups excluding tert-OH is 1. The molecule has 4 aromatic carbocycles. The third-order valence-electron chi connectivity index (χ3n) is 8.56. The molecule has 4 aromatic rings. The van der Waals surface area contributed by atoms with Crippen LogP contribution in [0.15, 0.2) is 91.0 Å². The summed E-state index contributed by atoms with van der Waals surface area (Å²) in [5.74, 6) is 1.40. The Morgan fingerprint density at radius 2 is 1.35 bits per heavy atom. The summed E-state index contributed by atoms with van der Waals surface area (Å²) in [6, 6.07) is 23.9. The van der Waals surface area contributed by atoms with Gasteiger partial charge in [0.15, 0.2) is 23.0 Å². The molecule has 0 spiro atoms. The van der Waals surface area contributed by atoms with E-state index >= 15 is 0 Å². The zero-order valence-corrected chi connectivity index (χ0v) is 29.4. The minimum absolute atomic E-state index is 0.0900. The molecule has 52 heavy (non-hydrogen) atoms. The van der Waals surface area contributed by atoms with Gasteiger partial charge in [0.1, 0.15) is 17.7 Å². The summed E-state index contributed by atoms with van der Waals surface area (Å²) in [7, 11) is 4.26. The molecule has 13 nitrogen and oxygen atoms in total. The van der Waals surface area contributed by atoms with Crippen LogP contribution in [0, 0.1) is 0 Å². The van der Waals surface area contributed by atoms with Crippen molar-refractivity contribution in [2.75, 3.05) is 20.6 Å². The predicted octanol–water partition coefficient (Wildman–Crippen LogP) is 3.66. The first kappa shape index (κ1) is 41.0. The number of nitrogens with two attached hydrogens (primary N) is 2. The molecule has 1 aliphatic carbocycles. The Morgan fingerprint density at radius 3 is 1.81 bits per heavy atom. The molecule has 13 heteroatoms. The topological polar surface area (TPSA) is 243 Å². The Kier molecular flexibility index (Phi) is 14.7. The fourth-order valence-corrected chi connectivity index (χ4v) is 5.45. The number of phenols is 4. The molecular formula is C39H48N4O9. The lowest BCUT2D eigenvalue weighted by Crippen LogP contribution is -2.54. The van der Waals surface area contributed by atoms with E-state index in [1.165, 1.54) is 59.0 Å². The molecule has 0 aromatic heterocycles. The lowest BCUT2D eigenvalue weighted by molar-refractivity contribution is -0.144. The maximum Gasteiger partial charge on any atom is 0.325 e. The minimum atomic E-state index is -1.48. The van der Waals surface area contributed by atoms with Crippen molar-refractivity contribution in [3.05, 3.63) is 124 Å². The Hall–Kier alpha value is -5.44. The summed E-state index contributed by atoms with van der Waals surface area (Å²) in [5.41, 5.74) is 14.0. The third kappa shape index (κ3) is 11.0. The molecule has 0 aliphatic heterocycles. The minimum Gasteiger partial charge on any atom is -0.504 e. The number of rotatable bonds is 10. The van der Waals surface area contributed by atoms with E-state index in [4.69, 9.17) is 37.1 Å². The van der Waals surface area contributed by atoms with Gasteiger partial charge >= 0.3 is 11.9 Å². The molecule has 12 N–H and O–H groups in total. The molecule has 1 aliphatic rings. The van der Waals surface area contributed by atoms with Crippen LogP contribution in [0.4, 0.5) is 0 Å². The first-order valence-electron chi connectivity index (χ1n) is 16.5. The van der Waals surface area contributed by atoms with Crippen molar-refractivity contribution in [2.24, 2.45) is 11.6 Å². The number of nitrogens with zero attached hydrogens (tertiary/aromatic N) is 1. The fraction of sp³-hybridized carbons (Fsp3) is 0.282. The number of hydrogen-bond acceptors (Lipinski definition) is 11. The monoisotopic (exact) mass is 716 g/mol. The average molecular weight is 717 g/mol. The number of carbonyl (C=O) groups is 2. The molecule has 0 radical (unpaired) electrons. The quantitative estimate of drug-likeness (QED) is 0.0641. The van der Waals surface area contributed by atoms with Crippen molar-refractivity contribution in [3.63, 3.8) is 0 Å². The van der Waals surface area contributed by atoms with Crippen molar-refractivity contribution in [1.82, 2.24) is 10.3 Å². The number of nitrogens with one attached hydrogen (secondary N) is 1. The van der Waals surface area contributed by atoms with Crippen LogP contribution in [-0.4, -0.2) is 84.8 Å². The number of hydrogen-bond donors (Lipinski definition) is 10. The highest BCUT2D eigenvalue weighted by Crippen LogP contribution is 2.34. The average Bonchev–Trinajstić information content (AvgIpc) is 3.27. The molecular weight excluding hydrogens is 668 g/mol. The van der Waals surface area contributed by atoms with E-state index in [9.17, 15) is 19.8 Å². The summed E-state index contributed by atoms with van der Waals surface area (Å²) in [6.45, 7) is 2.52. The number of aryl methyl sites for hydroxylation is 2. The van der Waals surface area contributed by atoms with Crippen molar-refractivity contribution >= 4 is 17.5 Å². The molecule has 278 valence electrons. The number of aliphatic carboxylic acids is 2. The zero-order chi connectivity index (χ0) is 38.6. The normalized spacial score (nSPS) is 14.1. The number of aromatic hydroxyl groups is 4. The molecule has 0 saturated heterocycles. The second-order valence-corrected chi connectivity index (χ2v) is 12.9. The predicted molar refractivity (Wildman–Crippen MR) is 198 cm³/mol. The second-order valence-electron chi connectivity index (χ2n) is 12.9. The van der Waals surface area contributed by atoms with Crippen LogP contribution in [0.25, 0.3) is 5.57 Å². The van der Waals surface area contributed by atoms with E-state index in [0.717, 1.165) is 37.9 Å². The Morgan fingerprint density at radius 1 is 0.827 bits per heavy atom. The standard InChI is InChI=1S/C20H23N.C10H14N2O4.C9H11NO5/c1-21(2)15-7-12-20-18-10-5-3-8-16(18)13-14-17-9-4-6-11-19(17)20;1-10(12-11,9(15)16)5-6-2-3-7(13)8(14)4-6;10-7(9(14)15)8(13)4-1-2-5(11)6(12)3-4/h3-6,8-12H,7,13-15H2,1-2H3;2-4,12-14H,5,11H2,1H3,(H,15,16);1-3,7-8,11-13H,10H2,(H,14,15)/t;10-;7-,8+/m.00/s1. The third-order valence-corrected chi connectivity index (χ3v) is 8.56. The molecule has 0 amide bonds. The summed E-state index contributed by atoms with van der Waals surface area (Å²) in [6.07, 6.45) is 4.44. The van der Waals surface area contributed by atoms with Gasteiger partial charge in [0.2, 0.25) is 0 Å². The van der Waals surface area contributed by atoms with Gasteiger partial charge in [0, 0.05) is 13.0 Å². The summed E-state index contributed by atoms with van der Waals surface area (Å²) >= 11 is 0. The molecule has 5 rings (SSSR count). The van der Waals surface area contributed by atoms with Gasteiger partial charge in [-0.1, -0.05) is 66.7 Å². The molecule has 0 bridgehead atoms. The molecule has 0 unspecified atom stereocenters. The highest BCUT2D eigenvalue weighted by Gasteiger charge is 2.32. The summed E-state index contributed by atoms with van der Waals surface area (Å²) in [4.78, 5) is 23.7. The fourth-order valence-electron chi connectivity index (χ4n) is 5.45. The van der Waals surface area contributed by atoms with Crippen LogP contribution in [0.1, 0.15) is 52.8 Å². The van der Waals surface area contributed by atoms with Gasteiger partial charge in [-0.2, -0.15) is 0 Å². The van der Waals surface area contributed by atoms with Crippen LogP contribution in [-0.2, 0) is 28.9 Å². The first-order valence-corrected chi connectivity index (χ1v) is 16.5. The Balaban J connectivity index is 0.000000215. The zero-order valence-electron chi connectivity index (χ0n) is 29.4. The lowest BCUT2D eigenvalue weighted by Gasteiger charge is -2.23. The van der Waals surface area contributed by atoms with Gasteiger partial charge in [-0.05, 0) is 104 Å². The smallest absolute Gasteiger partial charge is 0.325 e. The van der Waals surface area contributed by atoms with Crippen LogP contribution in [0.5, 0.6) is 23.0 Å². The van der Waals surface area contributed by atoms with Gasteiger partial charge in [0.05, 0.1) is 0 Å². The maximum atomic E-state index is 11.0. The molecule has 0 fully saturated rings. The highest BCUT2D eigenvalue weighted by atomic mass is 16.4. The van der Waals surface area contributed by atoms with E-state index < -0.39 is 35.4 Å². The van der Waals surface area contributed by atoms with E-state index in [1.54, 1.807) is 0 Å².